The number of carbonyl (C=O) groups excluding carboxylic acids is 1. The van der Waals surface area contributed by atoms with Gasteiger partial charge >= 0.3 is 0 Å². The first kappa shape index (κ1) is 20.9. The fraction of sp³-hybridized carbons (Fsp3) is 0.318. The Kier molecular flexibility index (Phi) is 6.93. The summed E-state index contributed by atoms with van der Waals surface area (Å²) in [6, 6.07) is 15.3. The third kappa shape index (κ3) is 4.98. The Morgan fingerprint density at radius 2 is 1.86 bits per heavy atom. The van der Waals surface area contributed by atoms with Crippen LogP contribution >= 0.6 is 11.8 Å². The number of rotatable bonds is 8. The van der Waals surface area contributed by atoms with Crippen molar-refractivity contribution in [3.05, 3.63) is 54.1 Å². The van der Waals surface area contributed by atoms with Crippen LogP contribution in [0, 0.1) is 0 Å². The van der Waals surface area contributed by atoms with Gasteiger partial charge in [0.1, 0.15) is 5.75 Å². The van der Waals surface area contributed by atoms with Gasteiger partial charge in [-0.05, 0) is 43.0 Å². The highest BCUT2D eigenvalue weighted by atomic mass is 32.2. The molecule has 0 spiro atoms. The zero-order chi connectivity index (χ0) is 20.8. The van der Waals surface area contributed by atoms with Crippen molar-refractivity contribution in [2.24, 2.45) is 0 Å². The van der Waals surface area contributed by atoms with Crippen molar-refractivity contribution in [1.82, 2.24) is 10.2 Å². The summed E-state index contributed by atoms with van der Waals surface area (Å²) in [7, 11) is 1.59. The van der Waals surface area contributed by atoms with Crippen LogP contribution in [0.3, 0.4) is 0 Å². The maximum absolute atomic E-state index is 12.7. The molecule has 152 valence electrons. The zero-order valence-corrected chi connectivity index (χ0v) is 17.8. The molecule has 0 fully saturated rings. The highest BCUT2D eigenvalue weighted by Crippen LogP contribution is 2.32. The van der Waals surface area contributed by atoms with E-state index in [1.807, 2.05) is 49.4 Å². The van der Waals surface area contributed by atoms with E-state index in [9.17, 15) is 4.79 Å². The van der Waals surface area contributed by atoms with Gasteiger partial charge in [0.05, 0.1) is 17.9 Å². The van der Waals surface area contributed by atoms with Crippen LogP contribution in [0.5, 0.6) is 5.75 Å². The fourth-order valence-corrected chi connectivity index (χ4v) is 3.57. The molecular formula is C22H25N3O3S. The molecule has 1 N–H and O–H groups in total. The maximum atomic E-state index is 12.7. The summed E-state index contributed by atoms with van der Waals surface area (Å²) in [6.07, 6.45) is 1.00. The number of hydrogen-bond donors (Lipinski definition) is 1. The number of thioether (sulfide) groups is 1. The van der Waals surface area contributed by atoms with Crippen molar-refractivity contribution in [2.45, 2.75) is 43.6 Å². The number of nitrogens with zero attached hydrogens (tertiary/aromatic N) is 2. The fourth-order valence-electron chi connectivity index (χ4n) is 2.89. The van der Waals surface area contributed by atoms with Gasteiger partial charge in [0.2, 0.25) is 5.91 Å². The molecule has 0 bridgehead atoms. The molecule has 0 aliphatic rings. The maximum Gasteiger partial charge on any atom is 0.277 e. The first-order chi connectivity index (χ1) is 14.0. The van der Waals surface area contributed by atoms with Crippen LogP contribution in [0.4, 0.5) is 5.69 Å². The molecule has 2 atom stereocenters. The predicted octanol–water partition coefficient (Wildman–Crippen LogP) is 5.38. The Hall–Kier alpha value is -2.80. The lowest BCUT2D eigenvalue weighted by molar-refractivity contribution is -0.115. The third-order valence-corrected chi connectivity index (χ3v) is 5.69. The largest absolute Gasteiger partial charge is 0.496 e. The number of nitrogens with one attached hydrogen (secondary N) is 1. The van der Waals surface area contributed by atoms with Crippen LogP contribution in [0.25, 0.3) is 11.5 Å². The molecule has 7 heteroatoms. The number of methoxy groups -OCH3 is 1. The SMILES string of the molecule is CCC(C)c1ccccc1NC(=O)C(C)Sc1nnc(-c2ccccc2OC)o1. The van der Waals surface area contributed by atoms with Crippen molar-refractivity contribution >= 4 is 23.4 Å². The van der Waals surface area contributed by atoms with E-state index < -0.39 is 5.25 Å². The van der Waals surface area contributed by atoms with Gasteiger partial charge in [0.25, 0.3) is 11.1 Å². The van der Waals surface area contributed by atoms with Gasteiger partial charge in [-0.15, -0.1) is 10.2 Å². The molecular weight excluding hydrogens is 386 g/mol. The third-order valence-electron chi connectivity index (χ3n) is 4.75. The van der Waals surface area contributed by atoms with Crippen LogP contribution in [-0.4, -0.2) is 28.5 Å². The molecule has 3 aromatic rings. The molecule has 6 nitrogen and oxygen atoms in total. The number of ether oxygens (including phenoxy) is 1. The number of carbonyl (C=O) groups is 1. The molecule has 1 amide bonds. The van der Waals surface area contributed by atoms with Crippen molar-refractivity contribution in [2.75, 3.05) is 12.4 Å². The average Bonchev–Trinajstić information content (AvgIpc) is 3.21. The number of anilines is 1. The minimum Gasteiger partial charge on any atom is -0.496 e. The highest BCUT2D eigenvalue weighted by Gasteiger charge is 2.21. The first-order valence-electron chi connectivity index (χ1n) is 9.56. The molecule has 0 saturated carbocycles. The summed E-state index contributed by atoms with van der Waals surface area (Å²) in [5.74, 6) is 1.27. The van der Waals surface area contributed by atoms with E-state index in [1.165, 1.54) is 11.8 Å². The summed E-state index contributed by atoms with van der Waals surface area (Å²) in [5, 5.41) is 11.1. The van der Waals surface area contributed by atoms with Crippen molar-refractivity contribution in [3.63, 3.8) is 0 Å². The van der Waals surface area contributed by atoms with Crippen molar-refractivity contribution in [1.29, 1.82) is 0 Å². The Labute approximate surface area is 175 Å². The lowest BCUT2D eigenvalue weighted by atomic mass is 9.97. The smallest absolute Gasteiger partial charge is 0.277 e. The standard InChI is InChI=1S/C22H25N3O3S/c1-5-14(2)16-10-6-8-12-18(16)23-20(26)15(3)29-22-25-24-21(28-22)17-11-7-9-13-19(17)27-4/h6-15H,5H2,1-4H3,(H,23,26). The molecule has 0 aliphatic carbocycles. The van der Waals surface area contributed by atoms with Crippen LogP contribution in [0.15, 0.2) is 58.2 Å². The number of amides is 1. The molecule has 1 heterocycles. The summed E-state index contributed by atoms with van der Waals surface area (Å²) >= 11 is 1.23. The van der Waals surface area contributed by atoms with Gasteiger partial charge < -0.3 is 14.5 Å². The summed E-state index contributed by atoms with van der Waals surface area (Å²) < 4.78 is 11.1. The Morgan fingerprint density at radius 1 is 1.14 bits per heavy atom. The van der Waals surface area contributed by atoms with E-state index in [1.54, 1.807) is 7.11 Å². The van der Waals surface area contributed by atoms with Crippen molar-refractivity contribution < 1.29 is 13.9 Å². The molecule has 2 unspecified atom stereocenters. The van der Waals surface area contributed by atoms with E-state index in [2.05, 4.69) is 35.4 Å². The van der Waals surface area contributed by atoms with Crippen LogP contribution in [-0.2, 0) is 4.79 Å². The summed E-state index contributed by atoms with van der Waals surface area (Å²) in [6.45, 7) is 6.11. The van der Waals surface area contributed by atoms with E-state index in [0.717, 1.165) is 17.7 Å². The van der Waals surface area contributed by atoms with Gasteiger partial charge in [0.15, 0.2) is 0 Å². The minimum atomic E-state index is -0.397. The molecule has 0 saturated heterocycles. The van der Waals surface area contributed by atoms with Gasteiger partial charge in [-0.25, -0.2) is 0 Å². The molecule has 0 radical (unpaired) electrons. The number of para-hydroxylation sites is 2. The monoisotopic (exact) mass is 411 g/mol. The van der Waals surface area contributed by atoms with E-state index in [-0.39, 0.29) is 5.91 Å². The zero-order valence-electron chi connectivity index (χ0n) is 17.0. The second-order valence-electron chi connectivity index (χ2n) is 6.72. The van der Waals surface area contributed by atoms with Gasteiger partial charge in [-0.1, -0.05) is 55.9 Å². The molecule has 1 aromatic heterocycles. The van der Waals surface area contributed by atoms with Crippen LogP contribution in [0.2, 0.25) is 0 Å². The lowest BCUT2D eigenvalue weighted by Crippen LogP contribution is -2.23. The Morgan fingerprint density at radius 3 is 2.62 bits per heavy atom. The second-order valence-corrected chi connectivity index (χ2v) is 8.01. The van der Waals surface area contributed by atoms with Crippen LogP contribution < -0.4 is 10.1 Å². The molecule has 3 rings (SSSR count). The average molecular weight is 412 g/mol. The normalized spacial score (nSPS) is 13.0. The first-order valence-corrected chi connectivity index (χ1v) is 10.4. The van der Waals surface area contributed by atoms with Gasteiger partial charge in [0, 0.05) is 5.69 Å². The predicted molar refractivity (Wildman–Crippen MR) is 115 cm³/mol. The van der Waals surface area contributed by atoms with Crippen LogP contribution in [0.1, 0.15) is 38.7 Å². The molecule has 0 aliphatic heterocycles. The Balaban J connectivity index is 1.69. The van der Waals surface area contributed by atoms with Gasteiger partial charge in [-0.2, -0.15) is 0 Å². The lowest BCUT2D eigenvalue weighted by Gasteiger charge is -2.17. The van der Waals surface area contributed by atoms with Crippen molar-refractivity contribution in [3.8, 4) is 17.2 Å². The second kappa shape index (κ2) is 9.60. The van der Waals surface area contributed by atoms with E-state index in [0.29, 0.717) is 28.3 Å². The topological polar surface area (TPSA) is 77.2 Å². The number of benzene rings is 2. The summed E-state index contributed by atoms with van der Waals surface area (Å²) in [5.41, 5.74) is 2.70. The molecule has 2 aromatic carbocycles. The quantitative estimate of drug-likeness (QED) is 0.502. The minimum absolute atomic E-state index is 0.109. The number of aromatic nitrogens is 2. The Bertz CT molecular complexity index is 973. The number of hydrogen-bond acceptors (Lipinski definition) is 6. The highest BCUT2D eigenvalue weighted by molar-refractivity contribution is 8.00. The molecule has 29 heavy (non-hydrogen) atoms. The summed E-state index contributed by atoms with van der Waals surface area (Å²) in [4.78, 5) is 12.7. The van der Waals surface area contributed by atoms with Gasteiger partial charge in [-0.3, -0.25) is 4.79 Å². The van der Waals surface area contributed by atoms with E-state index >= 15 is 0 Å². The van der Waals surface area contributed by atoms with E-state index in [4.69, 9.17) is 9.15 Å².